The van der Waals surface area contributed by atoms with E-state index in [-0.39, 0.29) is 11.5 Å². The molecule has 29 heavy (non-hydrogen) atoms. The van der Waals surface area contributed by atoms with Gasteiger partial charge in [0.05, 0.1) is 4.92 Å². The molecule has 0 aliphatic carbocycles. The highest BCUT2D eigenvalue weighted by atomic mass is 16.6. The van der Waals surface area contributed by atoms with Gasteiger partial charge in [0.25, 0.3) is 0 Å². The SMILES string of the molecule is Cc1nc(Nc2ccc3ccccc3c2)nc(N(C)c2ccccc2)c1[N+](=O)[O-]. The lowest BCUT2D eigenvalue weighted by Gasteiger charge is -2.19. The minimum absolute atomic E-state index is 0.111. The standard InChI is InChI=1S/C22H19N5O2/c1-15-20(27(28)29)21(26(2)19-10-4-3-5-11-19)25-22(23-15)24-18-13-12-16-8-6-7-9-17(16)14-18/h3-14H,1-2H3,(H,23,24,25). The third-order valence-electron chi connectivity index (χ3n) is 4.69. The highest BCUT2D eigenvalue weighted by Gasteiger charge is 2.25. The molecule has 4 rings (SSSR count). The van der Waals surface area contributed by atoms with Crippen LogP contribution in [-0.2, 0) is 0 Å². The number of benzene rings is 3. The van der Waals surface area contributed by atoms with Gasteiger partial charge >= 0.3 is 5.69 Å². The Bertz CT molecular complexity index is 1190. The quantitative estimate of drug-likeness (QED) is 0.368. The average Bonchev–Trinajstić information content (AvgIpc) is 2.73. The smallest absolute Gasteiger partial charge is 0.324 e. The van der Waals surface area contributed by atoms with Crippen molar-refractivity contribution in [3.05, 3.63) is 88.6 Å². The number of hydrogen-bond acceptors (Lipinski definition) is 6. The van der Waals surface area contributed by atoms with Gasteiger partial charge in [0.15, 0.2) is 0 Å². The predicted octanol–water partition coefficient (Wildman–Crippen LogP) is 5.36. The van der Waals surface area contributed by atoms with Crippen molar-refractivity contribution in [1.29, 1.82) is 0 Å². The molecule has 0 saturated carbocycles. The van der Waals surface area contributed by atoms with Gasteiger partial charge in [-0.25, -0.2) is 4.98 Å². The van der Waals surface area contributed by atoms with Crippen molar-refractivity contribution in [1.82, 2.24) is 9.97 Å². The Kier molecular flexibility index (Phi) is 4.78. The highest BCUT2D eigenvalue weighted by Crippen LogP contribution is 2.34. The lowest BCUT2D eigenvalue weighted by Crippen LogP contribution is -2.16. The van der Waals surface area contributed by atoms with Crippen molar-refractivity contribution in [3.63, 3.8) is 0 Å². The van der Waals surface area contributed by atoms with E-state index >= 15 is 0 Å². The van der Waals surface area contributed by atoms with E-state index in [1.165, 1.54) is 0 Å². The lowest BCUT2D eigenvalue weighted by molar-refractivity contribution is -0.385. The van der Waals surface area contributed by atoms with Crippen LogP contribution in [-0.4, -0.2) is 21.9 Å². The molecule has 0 atom stereocenters. The van der Waals surface area contributed by atoms with Crippen LogP contribution >= 0.6 is 0 Å². The van der Waals surface area contributed by atoms with Gasteiger partial charge in [0.2, 0.25) is 11.8 Å². The van der Waals surface area contributed by atoms with Crippen LogP contribution in [0.5, 0.6) is 0 Å². The Morgan fingerprint density at radius 3 is 2.34 bits per heavy atom. The van der Waals surface area contributed by atoms with Crippen LogP contribution in [0.3, 0.4) is 0 Å². The maximum Gasteiger partial charge on any atom is 0.333 e. The molecule has 0 radical (unpaired) electrons. The van der Waals surface area contributed by atoms with Crippen LogP contribution in [0.4, 0.5) is 28.8 Å². The third kappa shape index (κ3) is 3.70. The number of aromatic nitrogens is 2. The first-order valence-electron chi connectivity index (χ1n) is 9.10. The number of nitrogens with zero attached hydrogens (tertiary/aromatic N) is 4. The van der Waals surface area contributed by atoms with Crippen LogP contribution in [0.2, 0.25) is 0 Å². The van der Waals surface area contributed by atoms with E-state index in [1.54, 1.807) is 18.9 Å². The molecule has 0 aliphatic heterocycles. The zero-order chi connectivity index (χ0) is 20.4. The molecule has 0 bridgehead atoms. The van der Waals surface area contributed by atoms with Crippen molar-refractivity contribution in [3.8, 4) is 0 Å². The van der Waals surface area contributed by atoms with Gasteiger partial charge in [-0.15, -0.1) is 0 Å². The first kappa shape index (κ1) is 18.4. The van der Waals surface area contributed by atoms with E-state index in [2.05, 4.69) is 15.3 Å². The van der Waals surface area contributed by atoms with E-state index in [1.807, 2.05) is 72.8 Å². The molecule has 3 aromatic carbocycles. The number of anilines is 4. The number of aryl methyl sites for hydroxylation is 1. The fourth-order valence-corrected chi connectivity index (χ4v) is 3.23. The molecule has 0 saturated heterocycles. The summed E-state index contributed by atoms with van der Waals surface area (Å²) in [5.41, 5.74) is 1.79. The summed E-state index contributed by atoms with van der Waals surface area (Å²) in [7, 11) is 1.75. The maximum absolute atomic E-state index is 11.7. The second-order valence-corrected chi connectivity index (χ2v) is 6.64. The summed E-state index contributed by atoms with van der Waals surface area (Å²) in [4.78, 5) is 21.7. The molecule has 7 nitrogen and oxygen atoms in total. The number of nitrogens with one attached hydrogen (secondary N) is 1. The number of rotatable bonds is 5. The van der Waals surface area contributed by atoms with E-state index in [4.69, 9.17) is 0 Å². The Balaban J connectivity index is 1.76. The van der Waals surface area contributed by atoms with Crippen LogP contribution < -0.4 is 10.2 Å². The minimum atomic E-state index is -0.441. The molecule has 7 heteroatoms. The third-order valence-corrected chi connectivity index (χ3v) is 4.69. The molecule has 4 aromatic rings. The fraction of sp³-hybridized carbons (Fsp3) is 0.0909. The predicted molar refractivity (Wildman–Crippen MR) is 115 cm³/mol. The summed E-state index contributed by atoms with van der Waals surface area (Å²) < 4.78 is 0. The fourth-order valence-electron chi connectivity index (χ4n) is 3.23. The van der Waals surface area contributed by atoms with E-state index in [0.717, 1.165) is 22.1 Å². The molecule has 1 N–H and O–H groups in total. The monoisotopic (exact) mass is 385 g/mol. The number of para-hydroxylation sites is 1. The van der Waals surface area contributed by atoms with Crippen molar-refractivity contribution in [2.45, 2.75) is 6.92 Å². The van der Waals surface area contributed by atoms with Gasteiger partial charge in [-0.05, 0) is 42.0 Å². The average molecular weight is 385 g/mol. The van der Waals surface area contributed by atoms with Crippen molar-refractivity contribution >= 4 is 39.6 Å². The van der Waals surface area contributed by atoms with Gasteiger partial charge in [0.1, 0.15) is 5.69 Å². The maximum atomic E-state index is 11.7. The zero-order valence-corrected chi connectivity index (χ0v) is 16.0. The molecule has 0 unspecified atom stereocenters. The summed E-state index contributed by atoms with van der Waals surface area (Å²) in [6, 6.07) is 23.4. The van der Waals surface area contributed by atoms with Gasteiger partial charge in [-0.1, -0.05) is 48.5 Å². The summed E-state index contributed by atoms with van der Waals surface area (Å²) in [5.74, 6) is 0.540. The van der Waals surface area contributed by atoms with Crippen molar-refractivity contribution < 1.29 is 4.92 Å². The van der Waals surface area contributed by atoms with Gasteiger partial charge in [-0.3, -0.25) is 10.1 Å². The molecule has 1 aromatic heterocycles. The first-order valence-corrected chi connectivity index (χ1v) is 9.10. The molecule has 144 valence electrons. The van der Waals surface area contributed by atoms with E-state index in [9.17, 15) is 10.1 Å². The molecular formula is C22H19N5O2. The summed E-state index contributed by atoms with van der Waals surface area (Å²) in [6.45, 7) is 1.62. The van der Waals surface area contributed by atoms with E-state index < -0.39 is 4.92 Å². The minimum Gasteiger partial charge on any atom is -0.324 e. The van der Waals surface area contributed by atoms with Gasteiger partial charge in [-0.2, -0.15) is 4.98 Å². The summed E-state index contributed by atoms with van der Waals surface area (Å²) >= 11 is 0. The van der Waals surface area contributed by atoms with Crippen molar-refractivity contribution in [2.24, 2.45) is 0 Å². The Labute approximate surface area is 167 Å². The zero-order valence-electron chi connectivity index (χ0n) is 16.0. The highest BCUT2D eigenvalue weighted by molar-refractivity contribution is 5.86. The normalized spacial score (nSPS) is 10.7. The molecule has 0 fully saturated rings. The second-order valence-electron chi connectivity index (χ2n) is 6.64. The Morgan fingerprint density at radius 1 is 0.931 bits per heavy atom. The molecule has 0 aliphatic rings. The Hall–Kier alpha value is -4.00. The molecular weight excluding hydrogens is 366 g/mol. The van der Waals surface area contributed by atoms with Crippen LogP contribution in [0.15, 0.2) is 72.8 Å². The number of hydrogen-bond donors (Lipinski definition) is 1. The van der Waals surface area contributed by atoms with Crippen molar-refractivity contribution in [2.75, 3.05) is 17.3 Å². The van der Waals surface area contributed by atoms with Gasteiger partial charge < -0.3 is 10.2 Å². The molecule has 0 spiro atoms. The van der Waals surface area contributed by atoms with Crippen LogP contribution in [0.1, 0.15) is 5.69 Å². The topological polar surface area (TPSA) is 84.2 Å². The first-order chi connectivity index (χ1) is 14.0. The van der Waals surface area contributed by atoms with Gasteiger partial charge in [0, 0.05) is 18.4 Å². The van der Waals surface area contributed by atoms with Crippen LogP contribution in [0.25, 0.3) is 10.8 Å². The van der Waals surface area contributed by atoms with Crippen LogP contribution in [0, 0.1) is 17.0 Å². The summed E-state index contributed by atoms with van der Waals surface area (Å²) in [5, 5.41) is 17.1. The largest absolute Gasteiger partial charge is 0.333 e. The summed E-state index contributed by atoms with van der Waals surface area (Å²) in [6.07, 6.45) is 0. The second kappa shape index (κ2) is 7.55. The molecule has 1 heterocycles. The van der Waals surface area contributed by atoms with E-state index in [0.29, 0.717) is 11.6 Å². The number of nitro groups is 1. The molecule has 0 amide bonds. The lowest BCUT2D eigenvalue weighted by atomic mass is 10.1. The number of fused-ring (bicyclic) bond motifs is 1. The Morgan fingerprint density at radius 2 is 1.62 bits per heavy atom.